The number of hydrogen-bond acceptors (Lipinski definition) is 2. The van der Waals surface area contributed by atoms with E-state index in [0.717, 1.165) is 6.42 Å². The molecule has 0 heterocycles. The highest BCUT2D eigenvalue weighted by atomic mass is 35.5. The van der Waals surface area contributed by atoms with E-state index >= 15 is 0 Å². The summed E-state index contributed by atoms with van der Waals surface area (Å²) < 4.78 is 0. The van der Waals surface area contributed by atoms with Crippen LogP contribution in [-0.4, -0.2) is 5.91 Å². The van der Waals surface area contributed by atoms with Gasteiger partial charge < -0.3 is 5.32 Å². The van der Waals surface area contributed by atoms with Gasteiger partial charge in [-0.2, -0.15) is 5.26 Å². The normalized spacial score (nSPS) is 11.6. The van der Waals surface area contributed by atoms with Crippen LogP contribution in [0.15, 0.2) is 18.2 Å². The first-order valence-electron chi connectivity index (χ1n) is 5.24. The molecule has 1 aromatic carbocycles. The van der Waals surface area contributed by atoms with Crippen molar-refractivity contribution in [3.05, 3.63) is 28.2 Å². The van der Waals surface area contributed by atoms with Crippen LogP contribution in [-0.2, 0) is 4.79 Å². The average molecular weight is 271 g/mol. The predicted octanol–water partition coefficient (Wildman–Crippen LogP) is 3.87. The van der Waals surface area contributed by atoms with E-state index in [1.807, 2.05) is 13.0 Å². The van der Waals surface area contributed by atoms with Crippen LogP contribution >= 0.6 is 23.2 Å². The Morgan fingerprint density at radius 2 is 2.24 bits per heavy atom. The van der Waals surface area contributed by atoms with Gasteiger partial charge in [-0.1, -0.05) is 42.6 Å². The molecule has 17 heavy (non-hydrogen) atoms. The second-order valence-electron chi connectivity index (χ2n) is 3.56. The van der Waals surface area contributed by atoms with Crippen LogP contribution in [0.5, 0.6) is 0 Å². The second kappa shape index (κ2) is 6.48. The van der Waals surface area contributed by atoms with Crippen LogP contribution in [0.25, 0.3) is 0 Å². The number of amides is 1. The standard InChI is InChI=1S/C12H12Cl2N2O/c1-2-4-8(7-15)12(17)16-10-6-3-5-9(13)11(10)14/h3,5-6,8H,2,4H2,1H3,(H,16,17). The second-order valence-corrected chi connectivity index (χ2v) is 4.35. The SMILES string of the molecule is CCCC(C#N)C(=O)Nc1cccc(Cl)c1Cl. The molecule has 0 fully saturated rings. The average Bonchev–Trinajstić information content (AvgIpc) is 2.31. The number of hydrogen-bond donors (Lipinski definition) is 1. The highest BCUT2D eigenvalue weighted by molar-refractivity contribution is 6.44. The van der Waals surface area contributed by atoms with Crippen LogP contribution in [0.4, 0.5) is 5.69 Å². The van der Waals surface area contributed by atoms with E-state index in [1.54, 1.807) is 18.2 Å². The van der Waals surface area contributed by atoms with Crippen LogP contribution in [0, 0.1) is 17.2 Å². The van der Waals surface area contributed by atoms with E-state index in [1.165, 1.54) is 0 Å². The zero-order chi connectivity index (χ0) is 12.8. The Kier molecular flexibility index (Phi) is 5.27. The molecule has 0 radical (unpaired) electrons. The van der Waals surface area contributed by atoms with Crippen LogP contribution < -0.4 is 5.32 Å². The maximum absolute atomic E-state index is 11.8. The molecular formula is C12H12Cl2N2O. The summed E-state index contributed by atoms with van der Waals surface area (Å²) in [5.41, 5.74) is 0.431. The van der Waals surface area contributed by atoms with Gasteiger partial charge in [-0.3, -0.25) is 4.79 Å². The maximum atomic E-state index is 11.8. The molecule has 5 heteroatoms. The van der Waals surface area contributed by atoms with Gasteiger partial charge in [-0.15, -0.1) is 0 Å². The fraction of sp³-hybridized carbons (Fsp3) is 0.333. The summed E-state index contributed by atoms with van der Waals surface area (Å²) in [5.74, 6) is -1.01. The molecule has 1 rings (SSSR count). The van der Waals surface area contributed by atoms with Crippen molar-refractivity contribution in [3.63, 3.8) is 0 Å². The van der Waals surface area contributed by atoms with Gasteiger partial charge in [0.05, 0.1) is 21.8 Å². The first kappa shape index (κ1) is 13.8. The Bertz CT molecular complexity index is 454. The zero-order valence-corrected chi connectivity index (χ0v) is 10.8. The number of carbonyl (C=O) groups excluding carboxylic acids is 1. The van der Waals surface area contributed by atoms with Gasteiger partial charge in [0, 0.05) is 0 Å². The summed E-state index contributed by atoms with van der Waals surface area (Å²) in [5, 5.41) is 12.1. The minimum atomic E-state index is -0.657. The first-order chi connectivity index (χ1) is 8.10. The number of nitriles is 1. The number of nitrogens with one attached hydrogen (secondary N) is 1. The van der Waals surface area contributed by atoms with Gasteiger partial charge >= 0.3 is 0 Å². The molecule has 1 unspecified atom stereocenters. The van der Waals surface area contributed by atoms with Crippen molar-refractivity contribution in [1.29, 1.82) is 5.26 Å². The Labute approximate surface area is 110 Å². The third kappa shape index (κ3) is 3.62. The summed E-state index contributed by atoms with van der Waals surface area (Å²) in [7, 11) is 0. The van der Waals surface area contributed by atoms with Crippen molar-refractivity contribution in [3.8, 4) is 6.07 Å². The number of carbonyl (C=O) groups is 1. The molecule has 1 N–H and O–H groups in total. The van der Waals surface area contributed by atoms with Crippen LogP contribution in [0.3, 0.4) is 0 Å². The molecule has 0 aliphatic carbocycles. The largest absolute Gasteiger partial charge is 0.324 e. The molecule has 0 aliphatic rings. The van der Waals surface area contributed by atoms with Crippen LogP contribution in [0.2, 0.25) is 10.0 Å². The van der Waals surface area contributed by atoms with E-state index in [0.29, 0.717) is 17.1 Å². The van der Waals surface area contributed by atoms with E-state index < -0.39 is 5.92 Å². The van der Waals surface area contributed by atoms with E-state index in [4.69, 9.17) is 28.5 Å². The van der Waals surface area contributed by atoms with Crippen molar-refractivity contribution in [1.82, 2.24) is 0 Å². The quantitative estimate of drug-likeness (QED) is 0.903. The molecule has 0 aliphatic heterocycles. The Morgan fingerprint density at radius 1 is 1.53 bits per heavy atom. The monoisotopic (exact) mass is 270 g/mol. The van der Waals surface area contributed by atoms with Crippen LogP contribution in [0.1, 0.15) is 19.8 Å². The number of anilines is 1. The number of halogens is 2. The molecule has 0 saturated carbocycles. The van der Waals surface area contributed by atoms with Crippen molar-refractivity contribution in [2.24, 2.45) is 5.92 Å². The van der Waals surface area contributed by atoms with Gasteiger partial charge in [0.15, 0.2) is 0 Å². The van der Waals surface area contributed by atoms with Crippen molar-refractivity contribution in [2.75, 3.05) is 5.32 Å². The Hall–Kier alpha value is -1.24. The van der Waals surface area contributed by atoms with Gasteiger partial charge in [-0.05, 0) is 18.6 Å². The van der Waals surface area contributed by atoms with Gasteiger partial charge in [0.1, 0.15) is 5.92 Å². The number of benzene rings is 1. The van der Waals surface area contributed by atoms with E-state index in [2.05, 4.69) is 5.32 Å². The molecule has 3 nitrogen and oxygen atoms in total. The fourth-order valence-electron chi connectivity index (χ4n) is 1.36. The molecule has 1 aromatic rings. The highest BCUT2D eigenvalue weighted by Gasteiger charge is 2.18. The van der Waals surface area contributed by atoms with Gasteiger partial charge in [0.25, 0.3) is 0 Å². The third-order valence-corrected chi connectivity index (χ3v) is 3.08. The molecule has 0 aromatic heterocycles. The maximum Gasteiger partial charge on any atom is 0.241 e. The fourth-order valence-corrected chi connectivity index (χ4v) is 1.71. The molecule has 0 spiro atoms. The minimum Gasteiger partial charge on any atom is -0.324 e. The van der Waals surface area contributed by atoms with Crippen molar-refractivity contribution >= 4 is 34.8 Å². The summed E-state index contributed by atoms with van der Waals surface area (Å²) in [6.07, 6.45) is 1.30. The first-order valence-corrected chi connectivity index (χ1v) is 6.00. The van der Waals surface area contributed by atoms with E-state index in [-0.39, 0.29) is 10.9 Å². The lowest BCUT2D eigenvalue weighted by Gasteiger charge is -2.11. The molecule has 1 amide bonds. The summed E-state index contributed by atoms with van der Waals surface area (Å²) >= 11 is 11.8. The van der Waals surface area contributed by atoms with E-state index in [9.17, 15) is 4.79 Å². The minimum absolute atomic E-state index is 0.288. The summed E-state index contributed by atoms with van der Waals surface area (Å²) in [4.78, 5) is 11.8. The smallest absolute Gasteiger partial charge is 0.241 e. The topological polar surface area (TPSA) is 52.9 Å². The van der Waals surface area contributed by atoms with Crippen molar-refractivity contribution < 1.29 is 4.79 Å². The molecule has 90 valence electrons. The molecule has 1 atom stereocenters. The molecule has 0 bridgehead atoms. The summed E-state index contributed by atoms with van der Waals surface area (Å²) in [6.45, 7) is 1.92. The molecule has 0 saturated heterocycles. The lowest BCUT2D eigenvalue weighted by molar-refractivity contribution is -0.118. The lowest BCUT2D eigenvalue weighted by Crippen LogP contribution is -2.21. The van der Waals surface area contributed by atoms with Gasteiger partial charge in [-0.25, -0.2) is 0 Å². The number of rotatable bonds is 4. The summed E-state index contributed by atoms with van der Waals surface area (Å²) in [6, 6.07) is 6.93. The highest BCUT2D eigenvalue weighted by Crippen LogP contribution is 2.29. The Balaban J connectivity index is 2.81. The molecular weight excluding hydrogens is 259 g/mol. The lowest BCUT2D eigenvalue weighted by atomic mass is 10.0. The number of nitrogens with zero attached hydrogens (tertiary/aromatic N) is 1. The third-order valence-electron chi connectivity index (χ3n) is 2.26. The Morgan fingerprint density at radius 3 is 2.82 bits per heavy atom. The van der Waals surface area contributed by atoms with Gasteiger partial charge in [0.2, 0.25) is 5.91 Å². The van der Waals surface area contributed by atoms with Crippen molar-refractivity contribution in [2.45, 2.75) is 19.8 Å². The zero-order valence-electron chi connectivity index (χ0n) is 9.34. The predicted molar refractivity (Wildman–Crippen MR) is 69.1 cm³/mol.